The Balaban J connectivity index is 1.43. The number of hydrogen-bond acceptors (Lipinski definition) is 7. The molecule has 0 saturated heterocycles. The maximum atomic E-state index is 12.2. The minimum atomic E-state index is -0.665. The van der Waals surface area contributed by atoms with E-state index in [2.05, 4.69) is 10.3 Å². The molecule has 3 rings (SSSR count). The van der Waals surface area contributed by atoms with Crippen molar-refractivity contribution in [3.8, 4) is 5.75 Å². The quantitative estimate of drug-likeness (QED) is 0.599. The number of thiazole rings is 1. The molecule has 0 unspecified atom stereocenters. The van der Waals surface area contributed by atoms with E-state index in [0.29, 0.717) is 17.2 Å². The molecule has 152 valence electrons. The summed E-state index contributed by atoms with van der Waals surface area (Å²) in [6.45, 7) is 2.67. The molecule has 29 heavy (non-hydrogen) atoms. The first-order valence-electron chi connectivity index (χ1n) is 9.04. The monoisotopic (exact) mass is 415 g/mol. The highest BCUT2D eigenvalue weighted by atomic mass is 32.1. The van der Waals surface area contributed by atoms with Crippen molar-refractivity contribution >= 4 is 38.9 Å². The summed E-state index contributed by atoms with van der Waals surface area (Å²) in [4.78, 5) is 29.8. The molecule has 8 nitrogen and oxygen atoms in total. The van der Waals surface area contributed by atoms with Crippen LogP contribution in [0.5, 0.6) is 5.75 Å². The van der Waals surface area contributed by atoms with Crippen LogP contribution in [0.15, 0.2) is 48.5 Å². The zero-order valence-corrected chi connectivity index (χ0v) is 16.6. The second kappa shape index (κ2) is 9.74. The average Bonchev–Trinajstić information content (AvgIpc) is 3.11. The molecule has 0 radical (unpaired) electrons. The van der Waals surface area contributed by atoms with Crippen molar-refractivity contribution in [2.45, 2.75) is 13.5 Å². The van der Waals surface area contributed by atoms with Crippen molar-refractivity contribution in [3.63, 3.8) is 0 Å². The van der Waals surface area contributed by atoms with Gasteiger partial charge in [0.1, 0.15) is 19.0 Å². The van der Waals surface area contributed by atoms with Crippen molar-refractivity contribution in [1.82, 2.24) is 9.88 Å². The maximum Gasteiger partial charge on any atom is 0.413 e. The van der Waals surface area contributed by atoms with Crippen LogP contribution in [0.4, 0.5) is 14.7 Å². The fraction of sp³-hybridized carbons (Fsp3) is 0.250. The standard InChI is InChI=1S/C20H21N3O5S/c1-2-23(20(26)28-13-14-6-4-3-5-7-14)10-11-27-19(25)22-18-21-16-9-8-15(24)12-17(16)29-18/h3-9,12,24H,2,10-11,13H2,1H3,(H,21,22,25). The molecule has 2 N–H and O–H groups in total. The van der Waals surface area contributed by atoms with E-state index >= 15 is 0 Å². The van der Waals surface area contributed by atoms with Gasteiger partial charge in [0.15, 0.2) is 5.13 Å². The molecule has 9 heteroatoms. The van der Waals surface area contributed by atoms with Crippen LogP contribution < -0.4 is 5.32 Å². The van der Waals surface area contributed by atoms with Gasteiger partial charge in [-0.1, -0.05) is 41.7 Å². The molecule has 0 aliphatic carbocycles. The third-order valence-electron chi connectivity index (χ3n) is 4.02. The van der Waals surface area contributed by atoms with Crippen LogP contribution in [-0.2, 0) is 16.1 Å². The van der Waals surface area contributed by atoms with E-state index in [-0.39, 0.29) is 25.5 Å². The first-order chi connectivity index (χ1) is 14.0. The number of nitrogens with one attached hydrogen (secondary N) is 1. The number of likely N-dealkylation sites (N-methyl/N-ethyl adjacent to an activating group) is 1. The number of benzene rings is 2. The van der Waals surface area contributed by atoms with E-state index in [1.165, 1.54) is 22.3 Å². The van der Waals surface area contributed by atoms with Crippen molar-refractivity contribution in [2.24, 2.45) is 0 Å². The number of nitrogens with zero attached hydrogens (tertiary/aromatic N) is 2. The van der Waals surface area contributed by atoms with Gasteiger partial charge < -0.3 is 19.5 Å². The molecule has 0 spiro atoms. The number of aromatic nitrogens is 1. The lowest BCUT2D eigenvalue weighted by Gasteiger charge is -2.20. The Morgan fingerprint density at radius 2 is 1.97 bits per heavy atom. The number of aromatic hydroxyl groups is 1. The van der Waals surface area contributed by atoms with Crippen LogP contribution in [0.3, 0.4) is 0 Å². The molecule has 3 aromatic rings. The van der Waals surface area contributed by atoms with Gasteiger partial charge in [-0.2, -0.15) is 0 Å². The fourth-order valence-electron chi connectivity index (χ4n) is 2.53. The van der Waals surface area contributed by atoms with E-state index in [4.69, 9.17) is 9.47 Å². The zero-order chi connectivity index (χ0) is 20.6. The summed E-state index contributed by atoms with van der Waals surface area (Å²) in [7, 11) is 0. The smallest absolute Gasteiger partial charge is 0.413 e. The van der Waals surface area contributed by atoms with Crippen LogP contribution in [0.1, 0.15) is 12.5 Å². The summed E-state index contributed by atoms with van der Waals surface area (Å²) < 4.78 is 11.2. The Morgan fingerprint density at radius 3 is 2.72 bits per heavy atom. The number of phenolic OH excluding ortho intramolecular Hbond substituents is 1. The van der Waals surface area contributed by atoms with Gasteiger partial charge in [-0.3, -0.25) is 5.32 Å². The molecule has 0 aliphatic heterocycles. The van der Waals surface area contributed by atoms with Gasteiger partial charge in [-0.05, 0) is 30.7 Å². The number of fused-ring (bicyclic) bond motifs is 1. The highest BCUT2D eigenvalue weighted by Gasteiger charge is 2.15. The largest absolute Gasteiger partial charge is 0.508 e. The maximum absolute atomic E-state index is 12.2. The SMILES string of the molecule is CCN(CCOC(=O)Nc1nc2ccc(O)cc2s1)C(=O)OCc1ccccc1. The number of hydrogen-bond donors (Lipinski definition) is 2. The Morgan fingerprint density at radius 1 is 1.17 bits per heavy atom. The lowest BCUT2D eigenvalue weighted by molar-refractivity contribution is 0.0863. The second-order valence-corrected chi connectivity index (χ2v) is 7.08. The molecule has 2 amide bonds. The Kier molecular flexibility index (Phi) is 6.85. The number of carbonyl (C=O) groups excluding carboxylic acids is 2. The summed E-state index contributed by atoms with van der Waals surface area (Å²) in [6, 6.07) is 14.2. The van der Waals surface area contributed by atoms with E-state index in [0.717, 1.165) is 10.3 Å². The van der Waals surface area contributed by atoms with Crippen molar-refractivity contribution < 1.29 is 24.2 Å². The lowest BCUT2D eigenvalue weighted by Crippen LogP contribution is -2.35. The van der Waals surface area contributed by atoms with Crippen LogP contribution >= 0.6 is 11.3 Å². The molecule has 0 fully saturated rings. The zero-order valence-electron chi connectivity index (χ0n) is 15.8. The number of carbonyl (C=O) groups is 2. The van der Waals surface area contributed by atoms with Crippen molar-refractivity contribution in [1.29, 1.82) is 0 Å². The molecule has 0 saturated carbocycles. The first-order valence-corrected chi connectivity index (χ1v) is 9.85. The molecular formula is C20H21N3O5S. The summed E-state index contributed by atoms with van der Waals surface area (Å²) in [5, 5.41) is 12.4. The van der Waals surface area contributed by atoms with Crippen molar-refractivity contribution in [3.05, 3.63) is 54.1 Å². The molecular weight excluding hydrogens is 394 g/mol. The van der Waals surface area contributed by atoms with Crippen LogP contribution in [0.25, 0.3) is 10.2 Å². The van der Waals surface area contributed by atoms with Gasteiger partial charge >= 0.3 is 12.2 Å². The van der Waals surface area contributed by atoms with Crippen molar-refractivity contribution in [2.75, 3.05) is 25.0 Å². The average molecular weight is 415 g/mol. The highest BCUT2D eigenvalue weighted by molar-refractivity contribution is 7.22. The van der Waals surface area contributed by atoms with Crippen LogP contribution in [0, 0.1) is 0 Å². The third kappa shape index (κ3) is 5.82. The predicted molar refractivity (Wildman–Crippen MR) is 110 cm³/mol. The summed E-state index contributed by atoms with van der Waals surface area (Å²) >= 11 is 1.23. The number of anilines is 1. The van der Waals surface area contributed by atoms with E-state index < -0.39 is 12.2 Å². The fourth-order valence-corrected chi connectivity index (χ4v) is 3.41. The molecule has 1 heterocycles. The number of amides is 2. The van der Waals surface area contributed by atoms with E-state index in [1.54, 1.807) is 12.1 Å². The number of phenols is 1. The van der Waals surface area contributed by atoms with Crippen LogP contribution in [-0.4, -0.2) is 46.9 Å². The topological polar surface area (TPSA) is 101 Å². The normalized spacial score (nSPS) is 10.5. The van der Waals surface area contributed by atoms with Gasteiger partial charge in [0, 0.05) is 6.54 Å². The molecule has 1 aromatic heterocycles. The van der Waals surface area contributed by atoms with Gasteiger partial charge in [0.25, 0.3) is 0 Å². The summed E-state index contributed by atoms with van der Waals surface area (Å²) in [6.07, 6.45) is -1.13. The predicted octanol–water partition coefficient (Wildman–Crippen LogP) is 4.21. The Bertz CT molecular complexity index is 977. The highest BCUT2D eigenvalue weighted by Crippen LogP contribution is 2.28. The first kappa shape index (κ1) is 20.4. The molecule has 0 bridgehead atoms. The number of ether oxygens (including phenoxy) is 2. The number of rotatable bonds is 7. The second-order valence-electron chi connectivity index (χ2n) is 6.05. The summed E-state index contributed by atoms with van der Waals surface area (Å²) in [5.41, 5.74) is 1.57. The lowest BCUT2D eigenvalue weighted by atomic mass is 10.2. The molecule has 0 atom stereocenters. The van der Waals surface area contributed by atoms with Gasteiger partial charge in [-0.15, -0.1) is 0 Å². The third-order valence-corrected chi connectivity index (χ3v) is 4.95. The Labute approximate surface area is 171 Å². The van der Waals surface area contributed by atoms with Gasteiger partial charge in [0.2, 0.25) is 0 Å². The minimum absolute atomic E-state index is 0.0196. The van der Waals surface area contributed by atoms with Gasteiger partial charge in [0.05, 0.1) is 16.8 Å². The summed E-state index contributed by atoms with van der Waals surface area (Å²) in [5.74, 6) is 0.133. The van der Waals surface area contributed by atoms with E-state index in [9.17, 15) is 14.7 Å². The van der Waals surface area contributed by atoms with Crippen LogP contribution in [0.2, 0.25) is 0 Å². The molecule has 2 aromatic carbocycles. The van der Waals surface area contributed by atoms with Gasteiger partial charge in [-0.25, -0.2) is 14.6 Å². The minimum Gasteiger partial charge on any atom is -0.508 e. The van der Waals surface area contributed by atoms with E-state index in [1.807, 2.05) is 37.3 Å². The molecule has 0 aliphatic rings. The Hall–Kier alpha value is -3.33.